The van der Waals surface area contributed by atoms with Crippen LogP contribution in [0.3, 0.4) is 0 Å². The fourth-order valence-corrected chi connectivity index (χ4v) is 3.73. The lowest BCUT2D eigenvalue weighted by atomic mass is 10.2. The molecule has 0 radical (unpaired) electrons. The first-order valence-corrected chi connectivity index (χ1v) is 9.56. The van der Waals surface area contributed by atoms with Crippen molar-refractivity contribution in [2.75, 3.05) is 7.11 Å². The van der Waals surface area contributed by atoms with E-state index in [2.05, 4.69) is 4.99 Å². The Hall–Kier alpha value is -2.78. The van der Waals surface area contributed by atoms with Crippen molar-refractivity contribution in [2.24, 2.45) is 10.7 Å². The average Bonchev–Trinajstić information content (AvgIpc) is 2.93. The van der Waals surface area contributed by atoms with Gasteiger partial charge in [-0.15, -0.1) is 0 Å². The molecule has 0 saturated carbocycles. The van der Waals surface area contributed by atoms with Crippen LogP contribution in [0, 0.1) is 0 Å². The number of hydrogen-bond donors (Lipinski definition) is 1. The first kappa shape index (κ1) is 18.0. The molecule has 1 aliphatic rings. The molecular weight excluding hydrogens is 376 g/mol. The zero-order valence-corrected chi connectivity index (χ0v) is 15.2. The summed E-state index contributed by atoms with van der Waals surface area (Å²) in [5, 5.41) is 0.201. The molecule has 1 amide bonds. The minimum absolute atomic E-state index is 0.0186. The molecule has 134 valence electrons. The SMILES string of the molecule is COc1ccc(S(=O)(=O)Oc2ccc(/C=C3\SC(N)=NC3=O)cc2)cc1. The summed E-state index contributed by atoms with van der Waals surface area (Å²) in [6, 6.07) is 12.2. The third-order valence-corrected chi connectivity index (χ3v) is 5.44. The number of benzene rings is 2. The molecule has 2 N–H and O–H groups in total. The molecule has 0 atom stereocenters. The molecule has 2 aromatic rings. The number of aliphatic imine (C=N–C) groups is 1. The molecule has 0 unspecified atom stereocenters. The quantitative estimate of drug-likeness (QED) is 0.617. The number of nitrogens with two attached hydrogens (primary N) is 1. The van der Waals surface area contributed by atoms with Gasteiger partial charge in [0.15, 0.2) is 5.17 Å². The highest BCUT2D eigenvalue weighted by Crippen LogP contribution is 2.27. The fraction of sp³-hybridized carbons (Fsp3) is 0.0588. The lowest BCUT2D eigenvalue weighted by Crippen LogP contribution is -2.09. The van der Waals surface area contributed by atoms with Crippen molar-refractivity contribution < 1.29 is 22.1 Å². The summed E-state index contributed by atoms with van der Waals surface area (Å²) in [6.07, 6.45) is 1.62. The molecule has 26 heavy (non-hydrogen) atoms. The number of amides is 1. The molecular formula is C17H14N2O5S2. The predicted molar refractivity (Wildman–Crippen MR) is 99.4 cm³/mol. The van der Waals surface area contributed by atoms with E-state index in [0.717, 1.165) is 11.8 Å². The summed E-state index contributed by atoms with van der Waals surface area (Å²) in [4.78, 5) is 15.6. The molecule has 0 saturated heterocycles. The Morgan fingerprint density at radius 3 is 2.19 bits per heavy atom. The van der Waals surface area contributed by atoms with Crippen LogP contribution in [0.4, 0.5) is 0 Å². The molecule has 1 heterocycles. The summed E-state index contributed by atoms with van der Waals surface area (Å²) >= 11 is 1.08. The highest BCUT2D eigenvalue weighted by atomic mass is 32.2. The van der Waals surface area contributed by atoms with E-state index in [-0.39, 0.29) is 15.8 Å². The molecule has 0 aromatic heterocycles. The van der Waals surface area contributed by atoms with Crippen LogP contribution < -0.4 is 14.7 Å². The third kappa shape index (κ3) is 4.06. The number of rotatable bonds is 5. The predicted octanol–water partition coefficient (Wildman–Crippen LogP) is 2.39. The van der Waals surface area contributed by atoms with Gasteiger partial charge in [-0.3, -0.25) is 4.79 Å². The monoisotopic (exact) mass is 390 g/mol. The van der Waals surface area contributed by atoms with Crippen molar-refractivity contribution in [1.82, 2.24) is 0 Å². The van der Waals surface area contributed by atoms with E-state index in [1.54, 1.807) is 18.2 Å². The van der Waals surface area contributed by atoms with Gasteiger partial charge in [0.05, 0.1) is 12.0 Å². The Morgan fingerprint density at radius 2 is 1.65 bits per heavy atom. The molecule has 0 fully saturated rings. The van der Waals surface area contributed by atoms with Crippen LogP contribution in [-0.4, -0.2) is 26.6 Å². The molecule has 9 heteroatoms. The van der Waals surface area contributed by atoms with Gasteiger partial charge in [0, 0.05) is 0 Å². The summed E-state index contributed by atoms with van der Waals surface area (Å²) < 4.78 is 34.7. The zero-order chi connectivity index (χ0) is 18.7. The van der Waals surface area contributed by atoms with Crippen LogP contribution in [0.15, 0.2) is 63.3 Å². The second-order valence-electron chi connectivity index (χ2n) is 5.15. The van der Waals surface area contributed by atoms with E-state index in [1.165, 1.54) is 43.5 Å². The maximum Gasteiger partial charge on any atom is 0.339 e. The molecule has 3 rings (SSSR count). The highest BCUT2D eigenvalue weighted by Gasteiger charge is 2.20. The Bertz CT molecular complexity index is 994. The van der Waals surface area contributed by atoms with Crippen molar-refractivity contribution >= 4 is 39.0 Å². The van der Waals surface area contributed by atoms with Crippen molar-refractivity contribution in [3.63, 3.8) is 0 Å². The van der Waals surface area contributed by atoms with E-state index < -0.39 is 16.0 Å². The maximum atomic E-state index is 12.3. The number of amidine groups is 1. The summed E-state index contributed by atoms with van der Waals surface area (Å²) in [5.41, 5.74) is 6.19. The van der Waals surface area contributed by atoms with Crippen molar-refractivity contribution in [2.45, 2.75) is 4.90 Å². The lowest BCUT2D eigenvalue weighted by molar-refractivity contribution is -0.113. The number of thioether (sulfide) groups is 1. The summed E-state index contributed by atoms with van der Waals surface area (Å²) in [6.45, 7) is 0. The van der Waals surface area contributed by atoms with Gasteiger partial charge in [-0.1, -0.05) is 12.1 Å². The first-order chi connectivity index (χ1) is 12.4. The van der Waals surface area contributed by atoms with E-state index in [1.807, 2.05) is 0 Å². The van der Waals surface area contributed by atoms with Gasteiger partial charge < -0.3 is 14.7 Å². The second kappa shape index (κ2) is 7.22. The van der Waals surface area contributed by atoms with Crippen LogP contribution in [0.25, 0.3) is 6.08 Å². The van der Waals surface area contributed by atoms with Gasteiger partial charge in [0.25, 0.3) is 5.91 Å². The van der Waals surface area contributed by atoms with Gasteiger partial charge in [0.2, 0.25) is 0 Å². The minimum Gasteiger partial charge on any atom is -0.497 e. The Balaban J connectivity index is 1.74. The lowest BCUT2D eigenvalue weighted by Gasteiger charge is -2.08. The van der Waals surface area contributed by atoms with Gasteiger partial charge >= 0.3 is 10.1 Å². The van der Waals surface area contributed by atoms with Gasteiger partial charge in [-0.25, -0.2) is 0 Å². The van der Waals surface area contributed by atoms with Gasteiger partial charge in [-0.05, 0) is 59.8 Å². The number of carbonyl (C=O) groups excluding carboxylic acids is 1. The van der Waals surface area contributed by atoms with Gasteiger partial charge in [-0.2, -0.15) is 13.4 Å². The Morgan fingerprint density at radius 1 is 1.04 bits per heavy atom. The third-order valence-electron chi connectivity index (χ3n) is 3.37. The maximum absolute atomic E-state index is 12.3. The van der Waals surface area contributed by atoms with E-state index in [0.29, 0.717) is 16.2 Å². The van der Waals surface area contributed by atoms with E-state index in [9.17, 15) is 13.2 Å². The smallest absolute Gasteiger partial charge is 0.339 e. The highest BCUT2D eigenvalue weighted by molar-refractivity contribution is 8.18. The first-order valence-electron chi connectivity index (χ1n) is 7.34. The van der Waals surface area contributed by atoms with E-state index >= 15 is 0 Å². The fourth-order valence-electron chi connectivity index (χ4n) is 2.11. The molecule has 7 nitrogen and oxygen atoms in total. The van der Waals surface area contributed by atoms with Crippen molar-refractivity contribution in [3.8, 4) is 11.5 Å². The number of ether oxygens (including phenoxy) is 1. The molecule has 0 aliphatic carbocycles. The van der Waals surface area contributed by atoms with Crippen LogP contribution >= 0.6 is 11.8 Å². The Labute approximate surface area is 154 Å². The summed E-state index contributed by atoms with van der Waals surface area (Å²) in [5.74, 6) is 0.310. The number of carbonyl (C=O) groups is 1. The molecule has 0 bridgehead atoms. The Kier molecular flexibility index (Phi) is 5.01. The topological polar surface area (TPSA) is 108 Å². The van der Waals surface area contributed by atoms with E-state index in [4.69, 9.17) is 14.7 Å². The van der Waals surface area contributed by atoms with Crippen molar-refractivity contribution in [3.05, 3.63) is 59.0 Å². The summed E-state index contributed by atoms with van der Waals surface area (Å²) in [7, 11) is -2.46. The average molecular weight is 390 g/mol. The van der Waals surface area contributed by atoms with Crippen LogP contribution in [-0.2, 0) is 14.9 Å². The number of methoxy groups -OCH3 is 1. The second-order valence-corrected chi connectivity index (χ2v) is 7.76. The van der Waals surface area contributed by atoms with Crippen LogP contribution in [0.2, 0.25) is 0 Å². The number of nitrogens with zero attached hydrogens (tertiary/aromatic N) is 1. The van der Waals surface area contributed by atoms with Gasteiger partial charge in [0.1, 0.15) is 16.4 Å². The number of hydrogen-bond acceptors (Lipinski definition) is 7. The standard InChI is InChI=1S/C17H14N2O5S2/c1-23-12-6-8-14(9-7-12)26(21,22)24-13-4-2-11(3-5-13)10-15-16(20)19-17(18)25-15/h2-10H,1H3,(H2,18,19,20)/b15-10-. The van der Waals surface area contributed by atoms with Crippen LogP contribution in [0.5, 0.6) is 11.5 Å². The zero-order valence-electron chi connectivity index (χ0n) is 13.6. The van der Waals surface area contributed by atoms with Crippen LogP contribution in [0.1, 0.15) is 5.56 Å². The molecule has 0 spiro atoms. The molecule has 1 aliphatic heterocycles. The molecule has 2 aromatic carbocycles. The minimum atomic E-state index is -3.95. The van der Waals surface area contributed by atoms with Crippen molar-refractivity contribution in [1.29, 1.82) is 0 Å². The normalized spacial score (nSPS) is 15.8. The largest absolute Gasteiger partial charge is 0.497 e.